The summed E-state index contributed by atoms with van der Waals surface area (Å²) in [5.74, 6) is 0.797. The zero-order valence-electron chi connectivity index (χ0n) is 13.2. The Morgan fingerprint density at radius 3 is 2.60 bits per heavy atom. The van der Waals surface area contributed by atoms with Gasteiger partial charge in [-0.1, -0.05) is 52.0 Å². The molecule has 0 fully saturated rings. The maximum absolute atomic E-state index is 2.45. The second-order valence-electron chi connectivity index (χ2n) is 7.14. The van der Waals surface area contributed by atoms with Crippen molar-refractivity contribution in [3.8, 4) is 0 Å². The van der Waals surface area contributed by atoms with Gasteiger partial charge in [-0.15, -0.1) is 12.4 Å². The zero-order valence-corrected chi connectivity index (χ0v) is 14.0. The summed E-state index contributed by atoms with van der Waals surface area (Å²) in [5.41, 5.74) is 3.28. The Balaban J connectivity index is 0.00000200. The van der Waals surface area contributed by atoms with Crippen LogP contribution in [0.5, 0.6) is 0 Å². The maximum atomic E-state index is 2.45. The highest BCUT2D eigenvalue weighted by atomic mass is 35.5. The van der Waals surface area contributed by atoms with Crippen LogP contribution < -0.4 is 0 Å². The van der Waals surface area contributed by atoms with Gasteiger partial charge in [-0.3, -0.25) is 0 Å². The minimum Gasteiger partial charge on any atom is -0.373 e. The van der Waals surface area contributed by atoms with Gasteiger partial charge in [0.15, 0.2) is 0 Å². The quantitative estimate of drug-likeness (QED) is 0.722. The molecule has 0 radical (unpaired) electrons. The number of rotatable bonds is 4. The molecule has 1 unspecified atom stereocenters. The third-order valence-corrected chi connectivity index (χ3v) is 3.76. The van der Waals surface area contributed by atoms with Crippen molar-refractivity contribution >= 4 is 18.5 Å². The van der Waals surface area contributed by atoms with Gasteiger partial charge in [-0.25, -0.2) is 0 Å². The van der Waals surface area contributed by atoms with Crippen LogP contribution in [0.25, 0.3) is 6.08 Å². The van der Waals surface area contributed by atoms with Gasteiger partial charge in [0.25, 0.3) is 0 Å². The molecule has 0 amide bonds. The molecule has 0 spiro atoms. The van der Waals surface area contributed by atoms with Gasteiger partial charge < -0.3 is 4.90 Å². The van der Waals surface area contributed by atoms with Crippen LogP contribution in [0.1, 0.15) is 51.7 Å². The fraction of sp³-hybridized carbons (Fsp3) is 0.556. The Bertz CT molecular complexity index is 445. The third kappa shape index (κ3) is 5.20. The number of fused-ring (bicyclic) bond motifs is 1. The lowest BCUT2D eigenvalue weighted by Gasteiger charge is -2.28. The Morgan fingerprint density at radius 1 is 1.20 bits per heavy atom. The average molecular weight is 294 g/mol. The lowest BCUT2D eigenvalue weighted by Crippen LogP contribution is -2.23. The predicted octanol–water partition coefficient (Wildman–Crippen LogP) is 5.36. The van der Waals surface area contributed by atoms with Gasteiger partial charge in [0.05, 0.1) is 0 Å². The van der Waals surface area contributed by atoms with Crippen LogP contribution in [0.3, 0.4) is 0 Å². The molecule has 0 N–H and O–H groups in total. The summed E-state index contributed by atoms with van der Waals surface area (Å²) < 4.78 is 0. The summed E-state index contributed by atoms with van der Waals surface area (Å²) in [7, 11) is 0. The van der Waals surface area contributed by atoms with Gasteiger partial charge in [-0.2, -0.15) is 0 Å². The van der Waals surface area contributed by atoms with E-state index in [1.807, 2.05) is 0 Å². The fourth-order valence-electron chi connectivity index (χ4n) is 2.99. The van der Waals surface area contributed by atoms with Crippen molar-refractivity contribution in [3.05, 3.63) is 41.6 Å². The van der Waals surface area contributed by atoms with Crippen molar-refractivity contribution in [3.63, 3.8) is 0 Å². The predicted molar refractivity (Wildman–Crippen MR) is 91.0 cm³/mol. The van der Waals surface area contributed by atoms with Crippen molar-refractivity contribution < 1.29 is 0 Å². The molecule has 1 atom stereocenters. The molecule has 0 aliphatic carbocycles. The minimum atomic E-state index is 0. The normalized spacial score (nSPS) is 15.5. The van der Waals surface area contributed by atoms with E-state index in [2.05, 4.69) is 69.1 Å². The largest absolute Gasteiger partial charge is 0.373 e. The Labute approximate surface area is 130 Å². The summed E-state index contributed by atoms with van der Waals surface area (Å²) >= 11 is 0. The molecule has 1 aliphatic rings. The van der Waals surface area contributed by atoms with E-state index in [-0.39, 0.29) is 12.4 Å². The van der Waals surface area contributed by atoms with E-state index in [1.54, 1.807) is 0 Å². The van der Waals surface area contributed by atoms with Crippen LogP contribution in [0.4, 0.5) is 0 Å². The van der Waals surface area contributed by atoms with Gasteiger partial charge in [-0.05, 0) is 47.6 Å². The molecule has 1 aliphatic heterocycles. The lowest BCUT2D eigenvalue weighted by atomic mass is 9.84. The molecule has 1 nitrogen and oxygen atoms in total. The molecular formula is C18H28ClN. The third-order valence-electron chi connectivity index (χ3n) is 3.76. The molecule has 1 heterocycles. The van der Waals surface area contributed by atoms with E-state index in [9.17, 15) is 0 Å². The van der Waals surface area contributed by atoms with Crippen LogP contribution in [0.2, 0.25) is 0 Å². The lowest BCUT2D eigenvalue weighted by molar-refractivity contribution is 0.264. The van der Waals surface area contributed by atoms with Gasteiger partial charge in [0, 0.05) is 13.1 Å². The zero-order chi connectivity index (χ0) is 13.9. The highest BCUT2D eigenvalue weighted by Crippen LogP contribution is 2.27. The Kier molecular flexibility index (Phi) is 6.13. The number of hydrogen-bond donors (Lipinski definition) is 0. The first-order valence-electron chi connectivity index (χ1n) is 7.44. The van der Waals surface area contributed by atoms with Crippen LogP contribution in [0.15, 0.2) is 30.5 Å². The van der Waals surface area contributed by atoms with E-state index in [4.69, 9.17) is 0 Å². The summed E-state index contributed by atoms with van der Waals surface area (Å²) in [5, 5.41) is 0. The van der Waals surface area contributed by atoms with Crippen molar-refractivity contribution in [2.45, 2.75) is 47.1 Å². The van der Waals surface area contributed by atoms with E-state index >= 15 is 0 Å². The molecule has 2 rings (SSSR count). The Hall–Kier alpha value is -0.950. The molecule has 0 aromatic heterocycles. The standard InChI is InChI=1S/C18H27N.ClH/c1-15(13-18(2,3)4)9-11-19-12-10-16-7-5-6-8-17(16)14-19;/h5-8,10,12,15H,9,11,13-14H2,1-4H3;1H. The number of halogens is 1. The van der Waals surface area contributed by atoms with Crippen molar-refractivity contribution in [2.24, 2.45) is 11.3 Å². The van der Waals surface area contributed by atoms with E-state index < -0.39 is 0 Å². The van der Waals surface area contributed by atoms with Crippen LogP contribution in [0, 0.1) is 11.3 Å². The second kappa shape index (κ2) is 7.17. The topological polar surface area (TPSA) is 3.24 Å². The van der Waals surface area contributed by atoms with Crippen molar-refractivity contribution in [1.82, 2.24) is 4.90 Å². The SMILES string of the molecule is CC(CCN1C=Cc2ccccc2C1)CC(C)(C)C.Cl. The fourth-order valence-corrected chi connectivity index (χ4v) is 2.99. The Morgan fingerprint density at radius 2 is 1.90 bits per heavy atom. The molecule has 0 bridgehead atoms. The molecular weight excluding hydrogens is 266 g/mol. The monoisotopic (exact) mass is 293 g/mol. The van der Waals surface area contributed by atoms with Crippen molar-refractivity contribution in [1.29, 1.82) is 0 Å². The molecule has 0 saturated heterocycles. The molecule has 20 heavy (non-hydrogen) atoms. The van der Waals surface area contributed by atoms with Crippen LogP contribution >= 0.6 is 12.4 Å². The maximum Gasteiger partial charge on any atom is 0.0429 e. The smallest absolute Gasteiger partial charge is 0.0429 e. The van der Waals surface area contributed by atoms with Gasteiger partial charge in [0.2, 0.25) is 0 Å². The van der Waals surface area contributed by atoms with E-state index in [0.29, 0.717) is 5.41 Å². The first-order chi connectivity index (χ1) is 8.94. The number of benzene rings is 1. The van der Waals surface area contributed by atoms with Crippen molar-refractivity contribution in [2.75, 3.05) is 6.54 Å². The molecule has 2 heteroatoms. The molecule has 112 valence electrons. The number of nitrogens with zero attached hydrogens (tertiary/aromatic N) is 1. The number of hydrogen-bond acceptors (Lipinski definition) is 1. The van der Waals surface area contributed by atoms with Gasteiger partial charge >= 0.3 is 0 Å². The highest BCUT2D eigenvalue weighted by molar-refractivity contribution is 5.85. The molecule has 0 saturated carbocycles. The first kappa shape index (κ1) is 17.1. The summed E-state index contributed by atoms with van der Waals surface area (Å²) in [6, 6.07) is 8.69. The molecule has 1 aromatic rings. The average Bonchev–Trinajstić information content (AvgIpc) is 2.34. The van der Waals surface area contributed by atoms with Crippen LogP contribution in [-0.4, -0.2) is 11.4 Å². The van der Waals surface area contributed by atoms with E-state index in [1.165, 1.54) is 30.5 Å². The first-order valence-corrected chi connectivity index (χ1v) is 7.44. The minimum absolute atomic E-state index is 0. The summed E-state index contributed by atoms with van der Waals surface area (Å²) in [6.45, 7) is 11.6. The molecule has 1 aromatic carbocycles. The van der Waals surface area contributed by atoms with E-state index in [0.717, 1.165) is 12.5 Å². The van der Waals surface area contributed by atoms with Crippen LogP contribution in [-0.2, 0) is 6.54 Å². The van der Waals surface area contributed by atoms with Gasteiger partial charge in [0.1, 0.15) is 0 Å². The highest BCUT2D eigenvalue weighted by Gasteiger charge is 2.16. The summed E-state index contributed by atoms with van der Waals surface area (Å²) in [6.07, 6.45) is 7.09. The summed E-state index contributed by atoms with van der Waals surface area (Å²) in [4.78, 5) is 2.45. The second-order valence-corrected chi connectivity index (χ2v) is 7.14.